The smallest absolute Gasteiger partial charge is 0.255 e. The van der Waals surface area contributed by atoms with Crippen LogP contribution in [0.2, 0.25) is 0 Å². The fourth-order valence-corrected chi connectivity index (χ4v) is 2.44. The Morgan fingerprint density at radius 3 is 2.35 bits per heavy atom. The van der Waals surface area contributed by atoms with Gasteiger partial charge in [-0.3, -0.25) is 4.79 Å². The Bertz CT molecular complexity index is 914. The highest BCUT2D eigenvalue weighted by molar-refractivity contribution is 5.93. The van der Waals surface area contributed by atoms with Gasteiger partial charge in [-0.15, -0.1) is 0 Å². The fourth-order valence-electron chi connectivity index (χ4n) is 2.44. The van der Waals surface area contributed by atoms with Crippen molar-refractivity contribution in [2.75, 3.05) is 7.05 Å². The fraction of sp³-hybridized carbons (Fsp3) is 0.0952. The second-order valence-electron chi connectivity index (χ2n) is 5.76. The van der Waals surface area contributed by atoms with Crippen molar-refractivity contribution < 1.29 is 9.53 Å². The van der Waals surface area contributed by atoms with E-state index in [4.69, 9.17) is 10.00 Å². The van der Waals surface area contributed by atoms with E-state index in [-0.39, 0.29) is 5.91 Å². The minimum absolute atomic E-state index is 0.147. The van der Waals surface area contributed by atoms with E-state index < -0.39 is 0 Å². The van der Waals surface area contributed by atoms with Crippen molar-refractivity contribution in [2.24, 2.45) is 0 Å². The summed E-state index contributed by atoms with van der Waals surface area (Å²) in [5.41, 5.74) is 1.73. The van der Waals surface area contributed by atoms with Crippen LogP contribution in [0.25, 0.3) is 0 Å². The van der Waals surface area contributed by atoms with Crippen molar-refractivity contribution in [1.29, 1.82) is 5.26 Å². The van der Waals surface area contributed by atoms with E-state index in [0.29, 0.717) is 17.8 Å². The van der Waals surface area contributed by atoms with Gasteiger partial charge in [-0.25, -0.2) is 4.98 Å². The SMILES string of the molecule is CN(Cc1ccc(Oc2ccccc2)cc1)C(=O)c1ccc(C#N)nc1. The second-order valence-corrected chi connectivity index (χ2v) is 5.76. The average Bonchev–Trinajstić information content (AvgIpc) is 2.70. The number of benzene rings is 2. The van der Waals surface area contributed by atoms with E-state index in [1.165, 1.54) is 12.3 Å². The largest absolute Gasteiger partial charge is 0.457 e. The molecule has 5 heteroatoms. The summed E-state index contributed by atoms with van der Waals surface area (Å²) in [7, 11) is 1.73. The number of amides is 1. The van der Waals surface area contributed by atoms with E-state index in [9.17, 15) is 4.79 Å². The van der Waals surface area contributed by atoms with Crippen LogP contribution in [0.5, 0.6) is 11.5 Å². The normalized spacial score (nSPS) is 10.0. The molecule has 3 rings (SSSR count). The van der Waals surface area contributed by atoms with Gasteiger partial charge in [0.15, 0.2) is 0 Å². The van der Waals surface area contributed by atoms with Gasteiger partial charge in [0.25, 0.3) is 5.91 Å². The van der Waals surface area contributed by atoms with Gasteiger partial charge in [0, 0.05) is 19.8 Å². The first kappa shape index (κ1) is 17.2. The molecule has 0 fully saturated rings. The molecule has 26 heavy (non-hydrogen) atoms. The molecular formula is C21H17N3O2. The number of ether oxygens (including phenoxy) is 1. The summed E-state index contributed by atoms with van der Waals surface area (Å²) >= 11 is 0. The van der Waals surface area contributed by atoms with Crippen LogP contribution in [0.3, 0.4) is 0 Å². The lowest BCUT2D eigenvalue weighted by molar-refractivity contribution is 0.0784. The van der Waals surface area contributed by atoms with Gasteiger partial charge in [0.05, 0.1) is 5.56 Å². The number of nitrogens with zero attached hydrogens (tertiary/aromatic N) is 3. The Labute approximate surface area is 152 Å². The van der Waals surface area contributed by atoms with Gasteiger partial charge in [-0.05, 0) is 42.0 Å². The number of rotatable bonds is 5. The third-order valence-corrected chi connectivity index (χ3v) is 3.79. The zero-order valence-corrected chi connectivity index (χ0v) is 14.3. The van der Waals surface area contributed by atoms with Crippen LogP contribution in [-0.2, 0) is 6.54 Å². The summed E-state index contributed by atoms with van der Waals surface area (Å²) in [5.74, 6) is 1.37. The lowest BCUT2D eigenvalue weighted by atomic mass is 10.2. The van der Waals surface area contributed by atoms with Gasteiger partial charge in [0.1, 0.15) is 23.3 Å². The lowest BCUT2D eigenvalue weighted by Gasteiger charge is -2.17. The van der Waals surface area contributed by atoms with Gasteiger partial charge >= 0.3 is 0 Å². The summed E-state index contributed by atoms with van der Waals surface area (Å²) in [6, 6.07) is 22.3. The van der Waals surface area contributed by atoms with Crippen LogP contribution < -0.4 is 4.74 Å². The predicted molar refractivity (Wildman–Crippen MR) is 97.7 cm³/mol. The number of para-hydroxylation sites is 1. The van der Waals surface area contributed by atoms with Crippen LogP contribution in [0.1, 0.15) is 21.6 Å². The van der Waals surface area contributed by atoms with Crippen molar-refractivity contribution in [1.82, 2.24) is 9.88 Å². The monoisotopic (exact) mass is 343 g/mol. The van der Waals surface area contributed by atoms with E-state index >= 15 is 0 Å². The summed E-state index contributed by atoms with van der Waals surface area (Å²) in [5, 5.41) is 8.77. The molecule has 0 unspecified atom stereocenters. The van der Waals surface area contributed by atoms with Crippen molar-refractivity contribution in [2.45, 2.75) is 6.54 Å². The summed E-state index contributed by atoms with van der Waals surface area (Å²) < 4.78 is 5.76. The van der Waals surface area contributed by atoms with E-state index in [2.05, 4.69) is 4.98 Å². The molecule has 0 aliphatic heterocycles. The van der Waals surface area contributed by atoms with Crippen LogP contribution in [0, 0.1) is 11.3 Å². The number of carbonyl (C=O) groups is 1. The van der Waals surface area contributed by atoms with Gasteiger partial charge < -0.3 is 9.64 Å². The molecule has 0 atom stereocenters. The molecule has 5 nitrogen and oxygen atoms in total. The van der Waals surface area contributed by atoms with Crippen LogP contribution in [0.15, 0.2) is 72.9 Å². The molecule has 3 aromatic rings. The zero-order valence-electron chi connectivity index (χ0n) is 14.3. The topological polar surface area (TPSA) is 66.2 Å². The quantitative estimate of drug-likeness (QED) is 0.702. The first-order chi connectivity index (χ1) is 12.7. The molecular weight excluding hydrogens is 326 g/mol. The number of nitriles is 1. The summed E-state index contributed by atoms with van der Waals surface area (Å²) in [6.07, 6.45) is 1.42. The number of pyridine rings is 1. The molecule has 0 saturated carbocycles. The maximum Gasteiger partial charge on any atom is 0.255 e. The molecule has 0 spiro atoms. The molecule has 2 aromatic carbocycles. The van der Waals surface area contributed by atoms with Gasteiger partial charge in [-0.1, -0.05) is 30.3 Å². The first-order valence-corrected chi connectivity index (χ1v) is 8.09. The number of hydrogen-bond donors (Lipinski definition) is 0. The van der Waals surface area contributed by atoms with E-state index in [1.54, 1.807) is 18.0 Å². The molecule has 0 saturated heterocycles. The van der Waals surface area contributed by atoms with Crippen LogP contribution in [-0.4, -0.2) is 22.8 Å². The molecule has 0 bridgehead atoms. The minimum Gasteiger partial charge on any atom is -0.457 e. The van der Waals surface area contributed by atoms with Crippen molar-refractivity contribution >= 4 is 5.91 Å². The maximum atomic E-state index is 12.4. The number of aromatic nitrogens is 1. The minimum atomic E-state index is -0.147. The summed E-state index contributed by atoms with van der Waals surface area (Å²) in [6.45, 7) is 0.463. The number of carbonyl (C=O) groups excluding carboxylic acids is 1. The maximum absolute atomic E-state index is 12.4. The van der Waals surface area contributed by atoms with E-state index in [1.807, 2.05) is 60.7 Å². The third-order valence-electron chi connectivity index (χ3n) is 3.79. The Morgan fingerprint density at radius 2 is 1.73 bits per heavy atom. The highest BCUT2D eigenvalue weighted by Gasteiger charge is 2.12. The molecule has 0 N–H and O–H groups in total. The standard InChI is InChI=1S/C21H17N3O2/c1-24(21(25)17-9-10-18(13-22)23-14-17)15-16-7-11-20(12-8-16)26-19-5-3-2-4-6-19/h2-12,14H,15H2,1H3. The van der Waals surface area contributed by atoms with Crippen molar-refractivity contribution in [3.8, 4) is 17.6 Å². The second kappa shape index (κ2) is 7.95. The average molecular weight is 343 g/mol. The Balaban J connectivity index is 1.62. The Kier molecular flexibility index (Phi) is 5.25. The Morgan fingerprint density at radius 1 is 1.04 bits per heavy atom. The molecule has 1 aromatic heterocycles. The van der Waals surface area contributed by atoms with E-state index in [0.717, 1.165) is 17.1 Å². The molecule has 0 aliphatic carbocycles. The Hall–Kier alpha value is -3.65. The molecule has 1 amide bonds. The third kappa shape index (κ3) is 4.25. The first-order valence-electron chi connectivity index (χ1n) is 8.09. The van der Waals surface area contributed by atoms with Crippen molar-refractivity contribution in [3.05, 3.63) is 89.7 Å². The van der Waals surface area contributed by atoms with Gasteiger partial charge in [0.2, 0.25) is 0 Å². The molecule has 128 valence electrons. The summed E-state index contributed by atoms with van der Waals surface area (Å²) in [4.78, 5) is 18.0. The molecule has 0 aliphatic rings. The van der Waals surface area contributed by atoms with Gasteiger partial charge in [-0.2, -0.15) is 5.26 Å². The highest BCUT2D eigenvalue weighted by atomic mass is 16.5. The lowest BCUT2D eigenvalue weighted by Crippen LogP contribution is -2.26. The van der Waals surface area contributed by atoms with Crippen molar-refractivity contribution in [3.63, 3.8) is 0 Å². The predicted octanol–water partition coefficient (Wildman–Crippen LogP) is 4.02. The molecule has 1 heterocycles. The highest BCUT2D eigenvalue weighted by Crippen LogP contribution is 2.21. The van der Waals surface area contributed by atoms with Crippen LogP contribution in [0.4, 0.5) is 0 Å². The molecule has 0 radical (unpaired) electrons. The number of hydrogen-bond acceptors (Lipinski definition) is 4. The van der Waals surface area contributed by atoms with Crippen LogP contribution >= 0.6 is 0 Å². The zero-order chi connectivity index (χ0) is 18.4.